The first-order chi connectivity index (χ1) is 11.3. The quantitative estimate of drug-likeness (QED) is 0.702. The predicted molar refractivity (Wildman–Crippen MR) is 97.2 cm³/mol. The van der Waals surface area contributed by atoms with Crippen molar-refractivity contribution in [2.24, 2.45) is 0 Å². The zero-order chi connectivity index (χ0) is 17.9. The Hall–Kier alpha value is -1.53. The lowest BCUT2D eigenvalue weighted by atomic mass is 10.2. The van der Waals surface area contributed by atoms with Crippen LogP contribution in [0.15, 0.2) is 33.9 Å². The van der Waals surface area contributed by atoms with Crippen LogP contribution in [-0.2, 0) is 4.79 Å². The minimum absolute atomic E-state index is 0.0625. The summed E-state index contributed by atoms with van der Waals surface area (Å²) in [6, 6.07) is 7.50. The lowest BCUT2D eigenvalue weighted by Crippen LogP contribution is -2.45. The van der Waals surface area contributed by atoms with Gasteiger partial charge >= 0.3 is 0 Å². The van der Waals surface area contributed by atoms with Gasteiger partial charge in [0.1, 0.15) is 0 Å². The highest BCUT2D eigenvalue weighted by molar-refractivity contribution is 8.00. The molecule has 0 saturated heterocycles. The van der Waals surface area contributed by atoms with Crippen molar-refractivity contribution >= 4 is 29.3 Å². The van der Waals surface area contributed by atoms with E-state index in [2.05, 4.69) is 10.2 Å². The highest BCUT2D eigenvalue weighted by atomic mass is 35.5. The van der Waals surface area contributed by atoms with Crippen molar-refractivity contribution in [2.75, 3.05) is 0 Å². The molecular formula is C17H22ClN3O2S. The summed E-state index contributed by atoms with van der Waals surface area (Å²) in [5.74, 6) is 0.455. The van der Waals surface area contributed by atoms with Crippen LogP contribution in [0.3, 0.4) is 0 Å². The molecule has 1 atom stereocenters. The van der Waals surface area contributed by atoms with Crippen LogP contribution in [-0.4, -0.2) is 38.3 Å². The molecule has 7 heteroatoms. The van der Waals surface area contributed by atoms with Crippen LogP contribution in [0.5, 0.6) is 0 Å². The zero-order valence-corrected chi connectivity index (χ0v) is 16.1. The van der Waals surface area contributed by atoms with E-state index in [0.29, 0.717) is 16.1 Å². The Morgan fingerprint density at radius 1 is 1.17 bits per heavy atom. The summed E-state index contributed by atoms with van der Waals surface area (Å²) < 4.78 is 5.66. The topological polar surface area (TPSA) is 59.2 Å². The van der Waals surface area contributed by atoms with E-state index in [9.17, 15) is 4.79 Å². The summed E-state index contributed by atoms with van der Waals surface area (Å²) in [4.78, 5) is 14.5. The maximum Gasteiger partial charge on any atom is 0.277 e. The predicted octanol–water partition coefficient (Wildman–Crippen LogP) is 4.52. The Kier molecular flexibility index (Phi) is 6.29. The molecule has 130 valence electrons. The number of carbonyl (C=O) groups excluding carboxylic acids is 1. The molecular weight excluding hydrogens is 346 g/mol. The Morgan fingerprint density at radius 3 is 2.42 bits per heavy atom. The highest BCUT2D eigenvalue weighted by Crippen LogP contribution is 2.28. The third kappa shape index (κ3) is 4.51. The molecule has 0 aliphatic rings. The molecule has 2 rings (SSSR count). The van der Waals surface area contributed by atoms with Crippen LogP contribution < -0.4 is 0 Å². The van der Waals surface area contributed by atoms with Crippen molar-refractivity contribution in [1.29, 1.82) is 0 Å². The number of hydrogen-bond acceptors (Lipinski definition) is 5. The molecule has 0 aliphatic carbocycles. The number of halogens is 1. The second kappa shape index (κ2) is 8.03. The lowest BCUT2D eigenvalue weighted by Gasteiger charge is -2.32. The second-order valence-corrected chi connectivity index (χ2v) is 7.81. The molecule has 0 radical (unpaired) electrons. The Bertz CT molecular complexity index is 695. The number of thioether (sulfide) groups is 1. The van der Waals surface area contributed by atoms with E-state index in [-0.39, 0.29) is 23.2 Å². The van der Waals surface area contributed by atoms with E-state index in [0.717, 1.165) is 5.56 Å². The number of amides is 1. The van der Waals surface area contributed by atoms with Crippen molar-refractivity contribution in [2.45, 2.75) is 57.2 Å². The molecule has 0 N–H and O–H groups in total. The fourth-order valence-electron chi connectivity index (χ4n) is 2.51. The molecule has 0 fully saturated rings. The average molecular weight is 368 g/mol. The molecule has 5 nitrogen and oxygen atoms in total. The van der Waals surface area contributed by atoms with Gasteiger partial charge in [-0.3, -0.25) is 4.79 Å². The van der Waals surface area contributed by atoms with Gasteiger partial charge < -0.3 is 9.32 Å². The minimum atomic E-state index is -0.303. The number of benzene rings is 1. The van der Waals surface area contributed by atoms with Gasteiger partial charge in [-0.1, -0.05) is 29.4 Å². The Morgan fingerprint density at radius 2 is 1.83 bits per heavy atom. The molecule has 0 aliphatic heterocycles. The molecule has 1 amide bonds. The van der Waals surface area contributed by atoms with Crippen LogP contribution in [0.4, 0.5) is 0 Å². The molecule has 0 spiro atoms. The van der Waals surface area contributed by atoms with Crippen LogP contribution in [0.1, 0.15) is 34.6 Å². The van der Waals surface area contributed by atoms with Crippen molar-refractivity contribution < 1.29 is 9.21 Å². The van der Waals surface area contributed by atoms with Gasteiger partial charge in [-0.2, -0.15) is 0 Å². The molecule has 24 heavy (non-hydrogen) atoms. The van der Waals surface area contributed by atoms with Crippen LogP contribution >= 0.6 is 23.4 Å². The third-order valence-corrected chi connectivity index (χ3v) is 4.63. The number of carbonyl (C=O) groups is 1. The first-order valence-electron chi connectivity index (χ1n) is 7.88. The first kappa shape index (κ1) is 18.8. The fraction of sp³-hybridized carbons (Fsp3) is 0.471. The molecule has 1 aromatic carbocycles. The number of hydrogen-bond donors (Lipinski definition) is 0. The van der Waals surface area contributed by atoms with Crippen molar-refractivity contribution in [1.82, 2.24) is 15.1 Å². The smallest absolute Gasteiger partial charge is 0.277 e. The maximum absolute atomic E-state index is 12.6. The van der Waals surface area contributed by atoms with Gasteiger partial charge in [0.15, 0.2) is 0 Å². The number of nitrogens with zero attached hydrogens (tertiary/aromatic N) is 3. The van der Waals surface area contributed by atoms with E-state index in [1.807, 2.05) is 51.7 Å². The molecule has 1 unspecified atom stereocenters. The maximum atomic E-state index is 12.6. The SMILES string of the molecule is CC(Sc1nnc(-c2cccc(Cl)c2)o1)C(=O)N(C(C)C)C(C)C. The second-order valence-electron chi connectivity index (χ2n) is 6.08. The van der Waals surface area contributed by atoms with Crippen LogP contribution in [0, 0.1) is 0 Å². The molecule has 0 saturated carbocycles. The van der Waals surface area contributed by atoms with Gasteiger partial charge in [-0.15, -0.1) is 10.2 Å². The highest BCUT2D eigenvalue weighted by Gasteiger charge is 2.27. The number of aromatic nitrogens is 2. The lowest BCUT2D eigenvalue weighted by molar-refractivity contribution is -0.133. The van der Waals surface area contributed by atoms with Crippen molar-refractivity contribution in [3.63, 3.8) is 0 Å². The first-order valence-corrected chi connectivity index (χ1v) is 9.13. The number of rotatable bonds is 6. The van der Waals surface area contributed by atoms with Gasteiger partial charge in [0.2, 0.25) is 11.8 Å². The fourth-order valence-corrected chi connectivity index (χ4v) is 3.44. The van der Waals surface area contributed by atoms with Gasteiger partial charge in [0.25, 0.3) is 5.22 Å². The van der Waals surface area contributed by atoms with Crippen LogP contribution in [0.2, 0.25) is 5.02 Å². The standard InChI is InChI=1S/C17H22ClN3O2S/c1-10(2)21(11(3)4)16(22)12(5)24-17-20-19-15(23-17)13-7-6-8-14(18)9-13/h6-12H,1-5H3. The summed E-state index contributed by atoms with van der Waals surface area (Å²) in [6.45, 7) is 9.91. The summed E-state index contributed by atoms with van der Waals surface area (Å²) in [5, 5.41) is 8.73. The van der Waals surface area contributed by atoms with Crippen molar-refractivity contribution in [3.8, 4) is 11.5 Å². The van der Waals surface area contributed by atoms with Gasteiger partial charge in [-0.25, -0.2) is 0 Å². The van der Waals surface area contributed by atoms with Gasteiger partial charge in [0, 0.05) is 22.7 Å². The van der Waals surface area contributed by atoms with Crippen molar-refractivity contribution in [3.05, 3.63) is 29.3 Å². The summed E-state index contributed by atoms with van der Waals surface area (Å²) in [6.07, 6.45) is 0. The molecule has 1 aromatic heterocycles. The monoisotopic (exact) mass is 367 g/mol. The third-order valence-electron chi connectivity index (χ3n) is 3.47. The Balaban J connectivity index is 2.10. The molecule has 0 bridgehead atoms. The Labute approximate surface area is 151 Å². The average Bonchev–Trinajstić information content (AvgIpc) is 2.95. The summed E-state index contributed by atoms with van der Waals surface area (Å²) in [7, 11) is 0. The van der Waals surface area contributed by atoms with E-state index < -0.39 is 0 Å². The van der Waals surface area contributed by atoms with Gasteiger partial charge in [-0.05, 0) is 52.8 Å². The summed E-state index contributed by atoms with van der Waals surface area (Å²) in [5.41, 5.74) is 0.756. The zero-order valence-electron chi connectivity index (χ0n) is 14.5. The molecule has 1 heterocycles. The minimum Gasteiger partial charge on any atom is -0.411 e. The molecule has 2 aromatic rings. The normalized spacial score (nSPS) is 12.7. The largest absolute Gasteiger partial charge is 0.411 e. The van der Waals surface area contributed by atoms with E-state index in [4.69, 9.17) is 16.0 Å². The summed E-state index contributed by atoms with van der Waals surface area (Å²) >= 11 is 7.25. The van der Waals surface area contributed by atoms with E-state index in [1.54, 1.807) is 12.1 Å². The van der Waals surface area contributed by atoms with Gasteiger partial charge in [0.05, 0.1) is 5.25 Å². The van der Waals surface area contributed by atoms with E-state index in [1.165, 1.54) is 11.8 Å². The van der Waals surface area contributed by atoms with Crippen LogP contribution in [0.25, 0.3) is 11.5 Å². The van der Waals surface area contributed by atoms with E-state index >= 15 is 0 Å².